The number of carbonyl (C=O) groups excluding carboxylic acids is 2. The van der Waals surface area contributed by atoms with E-state index in [1.807, 2.05) is 6.92 Å². The second-order valence-electron chi connectivity index (χ2n) is 4.57. The van der Waals surface area contributed by atoms with Crippen LogP contribution in [0.5, 0.6) is 0 Å². The van der Waals surface area contributed by atoms with Crippen LogP contribution in [0.3, 0.4) is 0 Å². The largest absolute Gasteiger partial charge is 0.450 e. The van der Waals surface area contributed by atoms with Crippen molar-refractivity contribution in [3.63, 3.8) is 0 Å². The summed E-state index contributed by atoms with van der Waals surface area (Å²) < 4.78 is 4.72. The zero-order valence-corrected chi connectivity index (χ0v) is 13.4. The van der Waals surface area contributed by atoms with Crippen molar-refractivity contribution < 1.29 is 14.3 Å². The molecule has 0 bridgehead atoms. The van der Waals surface area contributed by atoms with Crippen LogP contribution in [0.1, 0.15) is 12.5 Å². The van der Waals surface area contributed by atoms with Gasteiger partial charge in [-0.3, -0.25) is 10.1 Å². The smallest absolute Gasteiger partial charge is 0.412 e. The second kappa shape index (κ2) is 7.59. The molecule has 1 aromatic carbocycles. The molecule has 0 saturated heterocycles. The summed E-state index contributed by atoms with van der Waals surface area (Å²) in [7, 11) is 0. The molecule has 0 unspecified atom stereocenters. The summed E-state index contributed by atoms with van der Waals surface area (Å²) in [6.07, 6.45) is 0.702. The molecule has 1 heterocycles. The minimum Gasteiger partial charge on any atom is -0.450 e. The Morgan fingerprint density at radius 2 is 2.13 bits per heavy atom. The van der Waals surface area contributed by atoms with Crippen LogP contribution in [-0.2, 0) is 16.1 Å². The van der Waals surface area contributed by atoms with Crippen molar-refractivity contribution in [2.24, 2.45) is 0 Å². The molecule has 0 atom stereocenters. The van der Waals surface area contributed by atoms with Crippen LogP contribution in [0.4, 0.5) is 16.3 Å². The van der Waals surface area contributed by atoms with Gasteiger partial charge in [0, 0.05) is 10.7 Å². The number of anilines is 2. The molecule has 0 radical (unpaired) electrons. The molecule has 2 amide bonds. The molecular weight excluding hydrogens is 322 g/mol. The Morgan fingerprint density at radius 1 is 1.35 bits per heavy atom. The Kier molecular flexibility index (Phi) is 5.53. The third kappa shape index (κ3) is 4.68. The van der Waals surface area contributed by atoms with E-state index in [4.69, 9.17) is 16.3 Å². The third-order valence-electron chi connectivity index (χ3n) is 2.87. The molecule has 2 rings (SSSR count). The summed E-state index contributed by atoms with van der Waals surface area (Å²) in [4.78, 5) is 24.4. The molecule has 0 aliphatic rings. The molecule has 23 heavy (non-hydrogen) atoms. The number of halogens is 1. The van der Waals surface area contributed by atoms with Crippen LogP contribution in [0, 0.1) is 6.92 Å². The monoisotopic (exact) mass is 337 g/mol. The average molecular weight is 338 g/mol. The Hall–Kier alpha value is -2.61. The highest BCUT2D eigenvalue weighted by Gasteiger charge is 2.10. The lowest BCUT2D eigenvalue weighted by molar-refractivity contribution is -0.117. The molecule has 1 aromatic heterocycles. The number of nitrogens with one attached hydrogen (secondary N) is 2. The van der Waals surface area contributed by atoms with Crippen LogP contribution in [-0.4, -0.2) is 33.6 Å². The fraction of sp³-hybridized carbons (Fsp3) is 0.286. The lowest BCUT2D eigenvalue weighted by Gasteiger charge is -2.09. The van der Waals surface area contributed by atoms with E-state index in [2.05, 4.69) is 20.8 Å². The standard InChI is InChI=1S/C14H16ClN5O3/c1-3-23-14(22)18-12-7-16-20(19-12)8-13(21)17-11-6-4-5-10(15)9(11)2/h4-7H,3,8H2,1-2H3,(H,17,21)(H,18,19,22). The van der Waals surface area contributed by atoms with E-state index in [1.54, 1.807) is 25.1 Å². The van der Waals surface area contributed by atoms with E-state index in [0.29, 0.717) is 10.7 Å². The SMILES string of the molecule is CCOC(=O)Nc1cnn(CC(=O)Nc2cccc(Cl)c2C)n1. The number of rotatable bonds is 5. The lowest BCUT2D eigenvalue weighted by Crippen LogP contribution is -2.21. The number of ether oxygens (including phenoxy) is 1. The van der Waals surface area contributed by atoms with Gasteiger partial charge >= 0.3 is 6.09 Å². The lowest BCUT2D eigenvalue weighted by atomic mass is 10.2. The van der Waals surface area contributed by atoms with E-state index in [9.17, 15) is 9.59 Å². The quantitative estimate of drug-likeness (QED) is 0.873. The van der Waals surface area contributed by atoms with Crippen molar-refractivity contribution in [3.05, 3.63) is 35.0 Å². The predicted octanol–water partition coefficient (Wildman–Crippen LogP) is 2.45. The number of nitrogens with zero attached hydrogens (tertiary/aromatic N) is 3. The van der Waals surface area contributed by atoms with Crippen molar-refractivity contribution in [2.75, 3.05) is 17.2 Å². The topological polar surface area (TPSA) is 98.1 Å². The van der Waals surface area contributed by atoms with Gasteiger partial charge in [-0.1, -0.05) is 17.7 Å². The maximum absolute atomic E-state index is 12.0. The van der Waals surface area contributed by atoms with Gasteiger partial charge in [-0.05, 0) is 31.5 Å². The first kappa shape index (κ1) is 16.8. The second-order valence-corrected chi connectivity index (χ2v) is 4.97. The molecule has 0 aliphatic carbocycles. The molecule has 0 saturated carbocycles. The summed E-state index contributed by atoms with van der Waals surface area (Å²) in [5.41, 5.74) is 1.40. The molecule has 8 nitrogen and oxygen atoms in total. The molecule has 2 aromatic rings. The van der Waals surface area contributed by atoms with Crippen LogP contribution in [0.15, 0.2) is 24.4 Å². The van der Waals surface area contributed by atoms with E-state index >= 15 is 0 Å². The number of hydrogen-bond donors (Lipinski definition) is 2. The zero-order chi connectivity index (χ0) is 16.8. The van der Waals surface area contributed by atoms with Crippen LogP contribution < -0.4 is 10.6 Å². The number of hydrogen-bond acceptors (Lipinski definition) is 5. The zero-order valence-electron chi connectivity index (χ0n) is 12.7. The maximum atomic E-state index is 12.0. The molecule has 9 heteroatoms. The number of benzene rings is 1. The van der Waals surface area contributed by atoms with Crippen molar-refractivity contribution in [1.29, 1.82) is 0 Å². The Balaban J connectivity index is 1.94. The van der Waals surface area contributed by atoms with E-state index in [-0.39, 0.29) is 24.9 Å². The highest BCUT2D eigenvalue weighted by molar-refractivity contribution is 6.31. The van der Waals surface area contributed by atoms with Crippen molar-refractivity contribution in [2.45, 2.75) is 20.4 Å². The van der Waals surface area contributed by atoms with E-state index in [1.165, 1.54) is 6.20 Å². The summed E-state index contributed by atoms with van der Waals surface area (Å²) in [6.45, 7) is 3.65. The third-order valence-corrected chi connectivity index (χ3v) is 3.28. The molecule has 0 fully saturated rings. The van der Waals surface area contributed by atoms with Gasteiger partial charge in [0.25, 0.3) is 0 Å². The van der Waals surface area contributed by atoms with Crippen molar-refractivity contribution in [1.82, 2.24) is 15.0 Å². The van der Waals surface area contributed by atoms with Gasteiger partial charge in [-0.2, -0.15) is 9.90 Å². The van der Waals surface area contributed by atoms with Gasteiger partial charge in [-0.25, -0.2) is 4.79 Å². The van der Waals surface area contributed by atoms with Crippen molar-refractivity contribution in [3.8, 4) is 0 Å². The van der Waals surface area contributed by atoms with Gasteiger partial charge in [0.2, 0.25) is 5.91 Å². The predicted molar refractivity (Wildman–Crippen MR) is 85.5 cm³/mol. The number of carbonyl (C=O) groups is 2. The van der Waals surface area contributed by atoms with Crippen LogP contribution in [0.2, 0.25) is 5.02 Å². The summed E-state index contributed by atoms with van der Waals surface area (Å²) in [6, 6.07) is 5.25. The fourth-order valence-electron chi connectivity index (χ4n) is 1.76. The Labute approximate surface area is 137 Å². The first-order chi connectivity index (χ1) is 11.0. The first-order valence-corrected chi connectivity index (χ1v) is 7.26. The van der Waals surface area contributed by atoms with Crippen molar-refractivity contribution >= 4 is 35.1 Å². The minimum absolute atomic E-state index is 0.101. The summed E-state index contributed by atoms with van der Waals surface area (Å²) in [5, 5.41) is 13.6. The highest BCUT2D eigenvalue weighted by atomic mass is 35.5. The molecule has 0 aliphatic heterocycles. The van der Waals surface area contributed by atoms with Gasteiger partial charge in [-0.15, -0.1) is 5.10 Å². The molecule has 122 valence electrons. The van der Waals surface area contributed by atoms with E-state index in [0.717, 1.165) is 10.4 Å². The Morgan fingerprint density at radius 3 is 2.87 bits per heavy atom. The van der Waals surface area contributed by atoms with Crippen LogP contribution >= 0.6 is 11.6 Å². The van der Waals surface area contributed by atoms with Gasteiger partial charge < -0.3 is 10.1 Å². The molecule has 0 spiro atoms. The van der Waals surface area contributed by atoms with Gasteiger partial charge in [0.1, 0.15) is 6.54 Å². The maximum Gasteiger partial charge on any atom is 0.412 e. The van der Waals surface area contributed by atoms with Gasteiger partial charge in [0.15, 0.2) is 5.82 Å². The summed E-state index contributed by atoms with van der Waals surface area (Å²) >= 11 is 6.00. The first-order valence-electron chi connectivity index (χ1n) is 6.88. The fourth-order valence-corrected chi connectivity index (χ4v) is 1.94. The minimum atomic E-state index is -0.626. The molecule has 2 N–H and O–H groups in total. The highest BCUT2D eigenvalue weighted by Crippen LogP contribution is 2.22. The molecular formula is C14H16ClN5O3. The van der Waals surface area contributed by atoms with Gasteiger partial charge in [0.05, 0.1) is 12.8 Å². The number of amides is 2. The van der Waals surface area contributed by atoms with Crippen LogP contribution in [0.25, 0.3) is 0 Å². The average Bonchev–Trinajstić information content (AvgIpc) is 2.91. The Bertz CT molecular complexity index is 716. The number of aromatic nitrogens is 3. The van der Waals surface area contributed by atoms with E-state index < -0.39 is 6.09 Å². The summed E-state index contributed by atoms with van der Waals surface area (Å²) in [5.74, 6) is -0.108. The normalized spacial score (nSPS) is 10.2.